The molecule has 23 heavy (non-hydrogen) atoms. The molecule has 1 aromatic carbocycles. The van der Waals surface area contributed by atoms with Crippen molar-refractivity contribution in [3.05, 3.63) is 40.3 Å². The van der Waals surface area contributed by atoms with E-state index in [1.165, 1.54) is 4.68 Å². The van der Waals surface area contributed by atoms with Gasteiger partial charge in [0.1, 0.15) is 0 Å². The first-order valence-corrected chi connectivity index (χ1v) is 7.91. The second-order valence-corrected chi connectivity index (χ2v) is 5.39. The van der Waals surface area contributed by atoms with E-state index in [4.69, 9.17) is 4.74 Å². The number of rotatable bonds is 8. The van der Waals surface area contributed by atoms with Gasteiger partial charge in [0.15, 0.2) is 0 Å². The van der Waals surface area contributed by atoms with Crippen LogP contribution in [-0.2, 0) is 22.6 Å². The Morgan fingerprint density at radius 2 is 2.04 bits per heavy atom. The van der Waals surface area contributed by atoms with Gasteiger partial charge < -0.3 is 10.1 Å². The molecule has 1 heterocycles. The maximum Gasteiger partial charge on any atom is 0.274 e. The van der Waals surface area contributed by atoms with Gasteiger partial charge in [-0.2, -0.15) is 5.10 Å². The fourth-order valence-electron chi connectivity index (χ4n) is 2.37. The van der Waals surface area contributed by atoms with Crippen molar-refractivity contribution < 1.29 is 9.53 Å². The van der Waals surface area contributed by atoms with Crippen molar-refractivity contribution in [2.24, 2.45) is 0 Å². The molecule has 0 aliphatic heterocycles. The summed E-state index contributed by atoms with van der Waals surface area (Å²) in [5.74, 6) is 0.00683. The SMILES string of the molecule is CCCCC(=O)NCc1nn(CCOC)c(=O)c2ccccc12. The van der Waals surface area contributed by atoms with Crippen LogP contribution in [0.3, 0.4) is 0 Å². The summed E-state index contributed by atoms with van der Waals surface area (Å²) in [7, 11) is 1.58. The summed E-state index contributed by atoms with van der Waals surface area (Å²) >= 11 is 0. The number of unbranched alkanes of at least 4 members (excludes halogenated alkanes) is 1. The van der Waals surface area contributed by atoms with Gasteiger partial charge in [0.05, 0.1) is 30.8 Å². The van der Waals surface area contributed by atoms with Crippen LogP contribution in [0, 0.1) is 0 Å². The molecule has 124 valence electrons. The number of carbonyl (C=O) groups excluding carboxylic acids is 1. The van der Waals surface area contributed by atoms with E-state index in [1.54, 1.807) is 13.2 Å². The van der Waals surface area contributed by atoms with Crippen LogP contribution in [0.15, 0.2) is 29.1 Å². The zero-order valence-electron chi connectivity index (χ0n) is 13.7. The Kier molecular flexibility index (Phi) is 6.29. The first kappa shape index (κ1) is 17.1. The predicted octanol–water partition coefficient (Wildman–Crippen LogP) is 1.85. The van der Waals surface area contributed by atoms with Crippen molar-refractivity contribution in [1.29, 1.82) is 0 Å². The minimum Gasteiger partial charge on any atom is -0.383 e. The highest BCUT2D eigenvalue weighted by Crippen LogP contribution is 2.13. The smallest absolute Gasteiger partial charge is 0.274 e. The molecule has 1 amide bonds. The molecule has 0 unspecified atom stereocenters. The summed E-state index contributed by atoms with van der Waals surface area (Å²) in [5, 5.41) is 8.67. The largest absolute Gasteiger partial charge is 0.383 e. The number of amides is 1. The Hall–Kier alpha value is -2.21. The minimum atomic E-state index is -0.140. The number of benzene rings is 1. The topological polar surface area (TPSA) is 73.2 Å². The van der Waals surface area contributed by atoms with E-state index in [0.717, 1.165) is 18.2 Å². The Balaban J connectivity index is 2.28. The molecular formula is C17H23N3O3. The standard InChI is InChI=1S/C17H23N3O3/c1-3-4-9-16(21)18-12-15-13-7-5-6-8-14(13)17(22)20(19-15)10-11-23-2/h5-8H,3-4,9-12H2,1-2H3,(H,18,21). The van der Waals surface area contributed by atoms with Gasteiger partial charge in [-0.25, -0.2) is 4.68 Å². The number of fused-ring (bicyclic) bond motifs is 1. The molecule has 0 aliphatic rings. The maximum absolute atomic E-state index is 12.4. The van der Waals surface area contributed by atoms with E-state index in [1.807, 2.05) is 25.1 Å². The molecule has 0 bridgehead atoms. The number of nitrogens with one attached hydrogen (secondary N) is 1. The fourth-order valence-corrected chi connectivity index (χ4v) is 2.37. The summed E-state index contributed by atoms with van der Waals surface area (Å²) < 4.78 is 6.43. The van der Waals surface area contributed by atoms with Gasteiger partial charge in [-0.05, 0) is 12.5 Å². The van der Waals surface area contributed by atoms with Gasteiger partial charge in [-0.1, -0.05) is 31.5 Å². The average molecular weight is 317 g/mol. The lowest BCUT2D eigenvalue weighted by atomic mass is 10.1. The summed E-state index contributed by atoms with van der Waals surface area (Å²) in [6.45, 7) is 3.16. The van der Waals surface area contributed by atoms with E-state index in [-0.39, 0.29) is 11.5 Å². The van der Waals surface area contributed by atoms with E-state index in [0.29, 0.717) is 37.2 Å². The predicted molar refractivity (Wildman–Crippen MR) is 89.3 cm³/mol. The highest BCUT2D eigenvalue weighted by atomic mass is 16.5. The van der Waals surface area contributed by atoms with E-state index in [2.05, 4.69) is 10.4 Å². The van der Waals surface area contributed by atoms with Gasteiger partial charge in [-0.3, -0.25) is 9.59 Å². The molecule has 0 fully saturated rings. The lowest BCUT2D eigenvalue weighted by Crippen LogP contribution is -2.29. The van der Waals surface area contributed by atoms with Gasteiger partial charge in [0, 0.05) is 18.9 Å². The van der Waals surface area contributed by atoms with Crippen LogP contribution in [0.4, 0.5) is 0 Å². The number of hydrogen-bond acceptors (Lipinski definition) is 4. The van der Waals surface area contributed by atoms with Crippen molar-refractivity contribution in [3.63, 3.8) is 0 Å². The molecule has 0 saturated heterocycles. The number of hydrogen-bond donors (Lipinski definition) is 1. The molecular weight excluding hydrogens is 294 g/mol. The molecule has 1 aromatic heterocycles. The quantitative estimate of drug-likeness (QED) is 0.806. The molecule has 6 heteroatoms. The molecule has 0 saturated carbocycles. The summed E-state index contributed by atoms with van der Waals surface area (Å²) in [4.78, 5) is 24.2. The zero-order valence-corrected chi connectivity index (χ0v) is 13.7. The van der Waals surface area contributed by atoms with E-state index >= 15 is 0 Å². The van der Waals surface area contributed by atoms with Crippen molar-refractivity contribution in [3.8, 4) is 0 Å². The first-order chi connectivity index (χ1) is 11.2. The van der Waals surface area contributed by atoms with Crippen LogP contribution in [0.5, 0.6) is 0 Å². The first-order valence-electron chi connectivity index (χ1n) is 7.91. The number of aromatic nitrogens is 2. The minimum absolute atomic E-state index is 0.00683. The summed E-state index contributed by atoms with van der Waals surface area (Å²) in [6.07, 6.45) is 2.36. The average Bonchev–Trinajstić information content (AvgIpc) is 2.58. The van der Waals surface area contributed by atoms with Gasteiger partial charge in [-0.15, -0.1) is 0 Å². The fraction of sp³-hybridized carbons (Fsp3) is 0.471. The Bertz CT molecular complexity index is 725. The third-order valence-corrected chi connectivity index (χ3v) is 3.66. The second-order valence-electron chi connectivity index (χ2n) is 5.39. The van der Waals surface area contributed by atoms with Crippen LogP contribution in [0.2, 0.25) is 0 Å². The van der Waals surface area contributed by atoms with Crippen LogP contribution < -0.4 is 10.9 Å². The van der Waals surface area contributed by atoms with Crippen LogP contribution in [0.1, 0.15) is 31.9 Å². The van der Waals surface area contributed by atoms with E-state index < -0.39 is 0 Å². The third kappa shape index (κ3) is 4.39. The van der Waals surface area contributed by atoms with E-state index in [9.17, 15) is 9.59 Å². The number of ether oxygens (including phenoxy) is 1. The van der Waals surface area contributed by atoms with Crippen molar-refractivity contribution >= 4 is 16.7 Å². The lowest BCUT2D eigenvalue weighted by molar-refractivity contribution is -0.121. The molecule has 1 N–H and O–H groups in total. The Morgan fingerprint density at radius 1 is 1.30 bits per heavy atom. The van der Waals surface area contributed by atoms with Crippen LogP contribution in [0.25, 0.3) is 10.8 Å². The monoisotopic (exact) mass is 317 g/mol. The molecule has 0 aliphatic carbocycles. The molecule has 0 radical (unpaired) electrons. The number of methoxy groups -OCH3 is 1. The van der Waals surface area contributed by atoms with Crippen molar-refractivity contribution in [2.45, 2.75) is 39.3 Å². The Morgan fingerprint density at radius 3 is 2.74 bits per heavy atom. The molecule has 0 atom stereocenters. The summed E-state index contributed by atoms with van der Waals surface area (Å²) in [6, 6.07) is 7.34. The van der Waals surface area contributed by atoms with Crippen LogP contribution in [-0.4, -0.2) is 29.4 Å². The molecule has 0 spiro atoms. The van der Waals surface area contributed by atoms with Gasteiger partial charge >= 0.3 is 0 Å². The maximum atomic E-state index is 12.4. The normalized spacial score (nSPS) is 10.9. The third-order valence-electron chi connectivity index (χ3n) is 3.66. The lowest BCUT2D eigenvalue weighted by Gasteiger charge is -2.11. The van der Waals surface area contributed by atoms with Crippen molar-refractivity contribution in [1.82, 2.24) is 15.1 Å². The highest BCUT2D eigenvalue weighted by Gasteiger charge is 2.11. The second kappa shape index (κ2) is 8.43. The molecule has 2 rings (SSSR count). The zero-order chi connectivity index (χ0) is 16.7. The Labute approximate surface area is 135 Å². The van der Waals surface area contributed by atoms with Crippen LogP contribution >= 0.6 is 0 Å². The van der Waals surface area contributed by atoms with Crippen molar-refractivity contribution in [2.75, 3.05) is 13.7 Å². The molecule has 2 aromatic rings. The van der Waals surface area contributed by atoms with Gasteiger partial charge in [0.25, 0.3) is 5.56 Å². The number of nitrogens with zero attached hydrogens (tertiary/aromatic N) is 2. The highest BCUT2D eigenvalue weighted by molar-refractivity contribution is 5.84. The van der Waals surface area contributed by atoms with Gasteiger partial charge in [0.2, 0.25) is 5.91 Å². The summed E-state index contributed by atoms with van der Waals surface area (Å²) in [5.41, 5.74) is 0.555. The number of carbonyl (C=O) groups is 1. The molecule has 6 nitrogen and oxygen atoms in total.